The van der Waals surface area contributed by atoms with E-state index in [-0.39, 0.29) is 0 Å². The van der Waals surface area contributed by atoms with E-state index in [1.807, 2.05) is 24.3 Å². The van der Waals surface area contributed by atoms with Crippen LogP contribution in [0.2, 0.25) is 0 Å². The third kappa shape index (κ3) is 2.48. The molecular formula is C19H27NO3. The van der Waals surface area contributed by atoms with Gasteiger partial charge >= 0.3 is 0 Å². The summed E-state index contributed by atoms with van der Waals surface area (Å²) >= 11 is 0. The molecule has 0 radical (unpaired) electrons. The molecule has 1 aliphatic heterocycles. The van der Waals surface area contributed by atoms with E-state index < -0.39 is 6.10 Å². The summed E-state index contributed by atoms with van der Waals surface area (Å²) in [4.78, 5) is 0. The van der Waals surface area contributed by atoms with Crippen LogP contribution in [0.25, 0.3) is 0 Å². The summed E-state index contributed by atoms with van der Waals surface area (Å²) in [6.07, 6.45) is 6.34. The maximum absolute atomic E-state index is 10.5. The van der Waals surface area contributed by atoms with Gasteiger partial charge in [0.2, 0.25) is 0 Å². The number of hydrogen-bond acceptors (Lipinski definition) is 4. The van der Waals surface area contributed by atoms with Crippen LogP contribution in [0.5, 0.6) is 5.75 Å². The van der Waals surface area contributed by atoms with Crippen LogP contribution in [0.3, 0.4) is 0 Å². The molecule has 2 aliphatic carbocycles. The highest BCUT2D eigenvalue weighted by molar-refractivity contribution is 5.30. The zero-order chi connectivity index (χ0) is 15.9. The first kappa shape index (κ1) is 15.4. The molecule has 1 heterocycles. The molecular weight excluding hydrogens is 290 g/mol. The van der Waals surface area contributed by atoms with Crippen LogP contribution in [-0.2, 0) is 4.74 Å². The van der Waals surface area contributed by atoms with Crippen molar-refractivity contribution >= 4 is 0 Å². The van der Waals surface area contributed by atoms with Gasteiger partial charge in [0.05, 0.1) is 19.3 Å². The molecule has 3 aliphatic rings. The van der Waals surface area contributed by atoms with Gasteiger partial charge in [-0.2, -0.15) is 0 Å². The van der Waals surface area contributed by atoms with Crippen molar-refractivity contribution in [2.45, 2.75) is 50.4 Å². The highest BCUT2D eigenvalue weighted by Crippen LogP contribution is 2.60. The molecule has 1 aromatic rings. The fourth-order valence-electron chi connectivity index (χ4n) is 5.21. The number of benzene rings is 1. The molecule has 4 atom stereocenters. The molecule has 4 unspecified atom stereocenters. The fourth-order valence-corrected chi connectivity index (χ4v) is 5.21. The smallest absolute Gasteiger partial charge is 0.119 e. The van der Waals surface area contributed by atoms with Crippen LogP contribution < -0.4 is 10.1 Å². The Balaban J connectivity index is 1.41. The number of rotatable bonds is 5. The Labute approximate surface area is 138 Å². The summed E-state index contributed by atoms with van der Waals surface area (Å²) in [5, 5.41) is 14.2. The monoisotopic (exact) mass is 317 g/mol. The molecule has 4 rings (SSSR count). The number of aliphatic hydroxyl groups excluding tert-OH is 1. The van der Waals surface area contributed by atoms with Crippen LogP contribution in [0.1, 0.15) is 43.8 Å². The first-order valence-corrected chi connectivity index (χ1v) is 8.91. The standard InChI is InChI=1S/C19H27NO3/c1-22-14-6-4-5-13(11-14)16(21)12-20-17-15-7-10-23-18(15)19(17)8-2-3-9-19/h4-6,11,15-18,20-21H,2-3,7-10,12H2,1H3. The lowest BCUT2D eigenvalue weighted by Crippen LogP contribution is -2.67. The lowest BCUT2D eigenvalue weighted by atomic mass is 9.54. The zero-order valence-electron chi connectivity index (χ0n) is 13.8. The van der Waals surface area contributed by atoms with Crippen LogP contribution >= 0.6 is 0 Å². The predicted octanol–water partition coefficient (Wildman–Crippen LogP) is 2.67. The molecule has 1 spiro atoms. The minimum Gasteiger partial charge on any atom is -0.497 e. The van der Waals surface area contributed by atoms with Crippen molar-refractivity contribution in [2.75, 3.05) is 20.3 Å². The summed E-state index contributed by atoms with van der Waals surface area (Å²) in [5.41, 5.74) is 1.26. The van der Waals surface area contributed by atoms with Gasteiger partial charge in [-0.25, -0.2) is 0 Å². The molecule has 126 valence electrons. The molecule has 1 aromatic carbocycles. The number of nitrogens with one attached hydrogen (secondary N) is 1. The summed E-state index contributed by atoms with van der Waals surface area (Å²) in [6, 6.07) is 8.23. The van der Waals surface area contributed by atoms with Gasteiger partial charge in [0.15, 0.2) is 0 Å². The van der Waals surface area contributed by atoms with Crippen LogP contribution in [0.4, 0.5) is 0 Å². The third-order valence-electron chi connectivity index (χ3n) is 6.30. The van der Waals surface area contributed by atoms with Gasteiger partial charge < -0.3 is 19.9 Å². The quantitative estimate of drug-likeness (QED) is 0.877. The van der Waals surface area contributed by atoms with Crippen molar-refractivity contribution in [1.82, 2.24) is 5.32 Å². The van der Waals surface area contributed by atoms with E-state index in [0.717, 1.165) is 17.9 Å². The van der Waals surface area contributed by atoms with Gasteiger partial charge in [-0.05, 0) is 37.0 Å². The van der Waals surface area contributed by atoms with Gasteiger partial charge in [0.1, 0.15) is 5.75 Å². The van der Waals surface area contributed by atoms with E-state index in [0.29, 0.717) is 30.0 Å². The molecule has 23 heavy (non-hydrogen) atoms. The second-order valence-corrected chi connectivity index (χ2v) is 7.36. The summed E-state index contributed by atoms with van der Waals surface area (Å²) < 4.78 is 11.3. The molecule has 3 fully saturated rings. The molecule has 4 heteroatoms. The van der Waals surface area contributed by atoms with Gasteiger partial charge in [0, 0.05) is 30.5 Å². The largest absolute Gasteiger partial charge is 0.497 e. The van der Waals surface area contributed by atoms with Gasteiger partial charge in [0.25, 0.3) is 0 Å². The lowest BCUT2D eigenvalue weighted by molar-refractivity contribution is -0.132. The predicted molar refractivity (Wildman–Crippen MR) is 88.5 cm³/mol. The normalized spacial score (nSPS) is 32.5. The van der Waals surface area contributed by atoms with Gasteiger partial charge in [-0.15, -0.1) is 0 Å². The van der Waals surface area contributed by atoms with E-state index in [1.54, 1.807) is 7.11 Å². The Kier molecular flexibility index (Phi) is 4.08. The number of fused-ring (bicyclic) bond motifs is 2. The number of ether oxygens (including phenoxy) is 2. The van der Waals surface area contributed by atoms with E-state index in [2.05, 4.69) is 5.32 Å². The summed E-state index contributed by atoms with van der Waals surface area (Å²) in [6.45, 7) is 1.51. The fraction of sp³-hybridized carbons (Fsp3) is 0.684. The first-order chi connectivity index (χ1) is 11.2. The van der Waals surface area contributed by atoms with Gasteiger partial charge in [-0.1, -0.05) is 25.0 Å². The van der Waals surface area contributed by atoms with Crippen molar-refractivity contribution in [3.63, 3.8) is 0 Å². The Morgan fingerprint density at radius 1 is 1.39 bits per heavy atom. The van der Waals surface area contributed by atoms with E-state index in [9.17, 15) is 5.11 Å². The van der Waals surface area contributed by atoms with Crippen LogP contribution in [0.15, 0.2) is 24.3 Å². The van der Waals surface area contributed by atoms with Crippen molar-refractivity contribution in [3.8, 4) is 5.75 Å². The Bertz CT molecular complexity index is 555. The van der Waals surface area contributed by atoms with Gasteiger partial charge in [-0.3, -0.25) is 0 Å². The SMILES string of the molecule is COc1cccc(C(O)CNC2C3CCOC3C23CCCC3)c1. The molecule has 0 bridgehead atoms. The second-order valence-electron chi connectivity index (χ2n) is 7.36. The molecule has 0 aromatic heterocycles. The Hall–Kier alpha value is -1.10. The van der Waals surface area contributed by atoms with Crippen LogP contribution in [-0.4, -0.2) is 37.5 Å². The highest BCUT2D eigenvalue weighted by atomic mass is 16.5. The molecule has 4 nitrogen and oxygen atoms in total. The van der Waals surface area contributed by atoms with E-state index in [1.165, 1.54) is 32.1 Å². The number of methoxy groups -OCH3 is 1. The zero-order valence-corrected chi connectivity index (χ0v) is 13.8. The molecule has 2 saturated carbocycles. The van der Waals surface area contributed by atoms with Crippen molar-refractivity contribution in [3.05, 3.63) is 29.8 Å². The minimum atomic E-state index is -0.495. The summed E-state index contributed by atoms with van der Waals surface area (Å²) in [5.74, 6) is 1.44. The lowest BCUT2D eigenvalue weighted by Gasteiger charge is -2.57. The van der Waals surface area contributed by atoms with Crippen molar-refractivity contribution < 1.29 is 14.6 Å². The Morgan fingerprint density at radius 3 is 3.00 bits per heavy atom. The highest BCUT2D eigenvalue weighted by Gasteiger charge is 2.64. The molecule has 0 amide bonds. The van der Waals surface area contributed by atoms with Crippen molar-refractivity contribution in [2.24, 2.45) is 11.3 Å². The average Bonchev–Trinajstić information content (AvgIpc) is 3.23. The number of aliphatic hydroxyl groups is 1. The summed E-state index contributed by atoms with van der Waals surface area (Å²) in [7, 11) is 1.65. The molecule has 1 saturated heterocycles. The number of hydrogen-bond donors (Lipinski definition) is 2. The molecule has 2 N–H and O–H groups in total. The minimum absolute atomic E-state index is 0.343. The second kappa shape index (κ2) is 6.08. The first-order valence-electron chi connectivity index (χ1n) is 8.91. The third-order valence-corrected chi connectivity index (χ3v) is 6.30. The van der Waals surface area contributed by atoms with Crippen molar-refractivity contribution in [1.29, 1.82) is 0 Å². The maximum atomic E-state index is 10.5. The van der Waals surface area contributed by atoms with Crippen LogP contribution in [0, 0.1) is 11.3 Å². The Morgan fingerprint density at radius 2 is 2.22 bits per heavy atom. The maximum Gasteiger partial charge on any atom is 0.119 e. The van der Waals surface area contributed by atoms with E-state index in [4.69, 9.17) is 9.47 Å². The van der Waals surface area contributed by atoms with E-state index >= 15 is 0 Å². The average molecular weight is 317 g/mol. The topological polar surface area (TPSA) is 50.7 Å².